The Morgan fingerprint density at radius 1 is 1.03 bits per heavy atom. The molecule has 14 nitrogen and oxygen atoms in total. The Hall–Kier alpha value is -5.15. The van der Waals surface area contributed by atoms with Crippen molar-refractivity contribution in [1.82, 2.24) is 24.8 Å². The number of methoxy groups -OCH3 is 1. The van der Waals surface area contributed by atoms with Crippen molar-refractivity contribution in [2.24, 2.45) is 11.3 Å². The molecule has 2 amide bonds. The highest BCUT2D eigenvalue weighted by molar-refractivity contribution is 7.23. The average Bonchev–Trinajstić information content (AvgIpc) is 3.64. The molecule has 0 aliphatic carbocycles. The lowest BCUT2D eigenvalue weighted by Crippen LogP contribution is -2.57. The minimum absolute atomic E-state index is 0.0126. The molecule has 1 N–H and O–H groups in total. The summed E-state index contributed by atoms with van der Waals surface area (Å²) >= 11 is 1.13. The standard InChI is InChI=1S/C42H51F3N8O6S/c1-40(2,3)58-38(54)50-36-25(17-46)28-24(11-10-12-27(28)60-36)31-30(43)32-29(35(47-31)56-9)34(52-18-22-13-14-23(19-52)53(22)39(55)59-41(4,5)6)49-37(48-32)57-21-42(7)20-51(8)16-15-26(42)33(44)45/h10-12,22-23,26,33H,13-16,18-21H2,1-9H3,(H,50,54)/t22-,23+,26-,42+/m1/s1. The van der Waals surface area contributed by atoms with E-state index in [1.165, 1.54) is 7.11 Å². The highest BCUT2D eigenvalue weighted by Gasteiger charge is 2.47. The van der Waals surface area contributed by atoms with E-state index in [2.05, 4.69) is 21.4 Å². The Morgan fingerprint density at radius 3 is 2.33 bits per heavy atom. The Morgan fingerprint density at radius 2 is 1.72 bits per heavy atom. The molecule has 0 unspecified atom stereocenters. The molecule has 3 saturated heterocycles. The highest BCUT2D eigenvalue weighted by atomic mass is 32.1. The topological polar surface area (TPSA) is 155 Å². The van der Waals surface area contributed by atoms with Gasteiger partial charge in [-0.25, -0.2) is 27.7 Å². The zero-order valence-corrected chi connectivity index (χ0v) is 36.1. The molecule has 3 aliphatic rings. The number of nitrogens with zero attached hydrogens (tertiary/aromatic N) is 7. The smallest absolute Gasteiger partial charge is 0.412 e. The fraction of sp³-hybridized carbons (Fsp3) is 0.571. The zero-order valence-electron chi connectivity index (χ0n) is 35.3. The predicted molar refractivity (Wildman–Crippen MR) is 222 cm³/mol. The predicted octanol–water partition coefficient (Wildman–Crippen LogP) is 8.46. The zero-order chi connectivity index (χ0) is 43.5. The number of piperidine rings is 1. The van der Waals surface area contributed by atoms with E-state index in [4.69, 9.17) is 23.9 Å². The normalized spacial score (nSPS) is 22.3. The Labute approximate surface area is 350 Å². The monoisotopic (exact) mass is 852 g/mol. The molecule has 4 aromatic rings. The van der Waals surface area contributed by atoms with Gasteiger partial charge in [0.05, 0.1) is 31.4 Å². The van der Waals surface area contributed by atoms with Gasteiger partial charge in [0.1, 0.15) is 44.7 Å². The number of aromatic nitrogens is 3. The number of anilines is 2. The van der Waals surface area contributed by atoms with Crippen LogP contribution in [0.3, 0.4) is 0 Å². The number of thiophene rings is 1. The lowest BCUT2D eigenvalue weighted by molar-refractivity contribution is -0.0679. The molecule has 7 rings (SSSR count). The molecule has 60 heavy (non-hydrogen) atoms. The summed E-state index contributed by atoms with van der Waals surface area (Å²) in [5.41, 5.74) is -2.54. The summed E-state index contributed by atoms with van der Waals surface area (Å²) in [7, 11) is 3.26. The van der Waals surface area contributed by atoms with Crippen LogP contribution in [0.25, 0.3) is 32.2 Å². The third-order valence-corrected chi connectivity index (χ3v) is 12.2. The molecular weight excluding hydrogens is 802 g/mol. The molecule has 18 heteroatoms. The summed E-state index contributed by atoms with van der Waals surface area (Å²) in [4.78, 5) is 45.9. The number of carbonyl (C=O) groups excluding carboxylic acids is 2. The van der Waals surface area contributed by atoms with E-state index in [1.54, 1.807) is 50.8 Å². The SMILES string of the molecule is COc1nc(-c2cccc3sc(NC(=O)OC(C)(C)C)c(C#N)c23)c(F)c2nc(OC[C@]3(C)CN(C)CC[C@@H]3C(F)F)nc(N3C[C@H]4CC[C@@H](C3)N4C(=O)OC(C)(C)C)c12. The van der Waals surface area contributed by atoms with Gasteiger partial charge in [-0.15, -0.1) is 11.3 Å². The van der Waals surface area contributed by atoms with E-state index in [0.29, 0.717) is 49.1 Å². The molecule has 322 valence electrons. The second-order valence-corrected chi connectivity index (χ2v) is 19.2. The first kappa shape index (κ1) is 43.0. The second kappa shape index (κ2) is 16.0. The van der Waals surface area contributed by atoms with Crippen molar-refractivity contribution in [3.63, 3.8) is 0 Å². The summed E-state index contributed by atoms with van der Waals surface area (Å²) in [6.45, 7) is 13.7. The van der Waals surface area contributed by atoms with Gasteiger partial charge in [0.15, 0.2) is 5.82 Å². The van der Waals surface area contributed by atoms with E-state index in [1.807, 2.05) is 37.6 Å². The molecule has 3 aliphatic heterocycles. The van der Waals surface area contributed by atoms with Crippen LogP contribution in [0.2, 0.25) is 0 Å². The Bertz CT molecular complexity index is 2350. The second-order valence-electron chi connectivity index (χ2n) is 18.1. The van der Waals surface area contributed by atoms with Gasteiger partial charge < -0.3 is 28.7 Å². The van der Waals surface area contributed by atoms with Gasteiger partial charge in [0.25, 0.3) is 0 Å². The maximum absolute atomic E-state index is 17.5. The minimum Gasteiger partial charge on any atom is -0.480 e. The van der Waals surface area contributed by atoms with Gasteiger partial charge in [-0.1, -0.05) is 19.1 Å². The molecule has 0 radical (unpaired) electrons. The van der Waals surface area contributed by atoms with E-state index < -0.39 is 47.0 Å². The van der Waals surface area contributed by atoms with Crippen molar-refractivity contribution >= 4 is 55.3 Å². The number of ether oxygens (including phenoxy) is 4. The maximum Gasteiger partial charge on any atom is 0.412 e. The number of piperazine rings is 1. The summed E-state index contributed by atoms with van der Waals surface area (Å²) in [5, 5.41) is 13.8. The van der Waals surface area contributed by atoms with Gasteiger partial charge >= 0.3 is 18.2 Å². The minimum atomic E-state index is -2.58. The number of alkyl halides is 2. The maximum atomic E-state index is 17.5. The number of nitriles is 1. The fourth-order valence-corrected chi connectivity index (χ4v) is 9.75. The van der Waals surface area contributed by atoms with Gasteiger partial charge in [-0.3, -0.25) is 10.2 Å². The Kier molecular flexibility index (Phi) is 11.5. The van der Waals surface area contributed by atoms with Crippen LogP contribution in [0.15, 0.2) is 18.2 Å². The van der Waals surface area contributed by atoms with Crippen LogP contribution in [0, 0.1) is 28.5 Å². The quantitative estimate of drug-likeness (QED) is 0.181. The summed E-state index contributed by atoms with van der Waals surface area (Å²) < 4.78 is 70.2. The number of hydrogen-bond acceptors (Lipinski definition) is 13. The molecule has 2 bridgehead atoms. The van der Waals surface area contributed by atoms with Gasteiger partial charge in [0.2, 0.25) is 12.3 Å². The van der Waals surface area contributed by atoms with E-state index in [0.717, 1.165) is 11.3 Å². The van der Waals surface area contributed by atoms with Crippen LogP contribution >= 0.6 is 11.3 Å². The number of hydrogen-bond donors (Lipinski definition) is 1. The van der Waals surface area contributed by atoms with Crippen molar-refractivity contribution in [2.45, 2.75) is 97.4 Å². The summed E-state index contributed by atoms with van der Waals surface area (Å²) in [6.07, 6.45) is -2.06. The molecule has 0 saturated carbocycles. The van der Waals surface area contributed by atoms with Crippen LogP contribution in [0.1, 0.15) is 73.3 Å². The third kappa shape index (κ3) is 8.43. The number of fused-ring (bicyclic) bond motifs is 4. The first-order chi connectivity index (χ1) is 28.2. The van der Waals surface area contributed by atoms with Gasteiger partial charge in [-0.2, -0.15) is 15.2 Å². The number of carbonyl (C=O) groups is 2. The molecular formula is C42H51F3N8O6S. The van der Waals surface area contributed by atoms with Crippen molar-refractivity contribution in [2.75, 3.05) is 57.2 Å². The number of likely N-dealkylation sites (tertiary alicyclic amines) is 1. The van der Waals surface area contributed by atoms with Crippen molar-refractivity contribution in [3.05, 3.63) is 29.6 Å². The number of benzene rings is 1. The van der Waals surface area contributed by atoms with Crippen molar-refractivity contribution < 1.29 is 41.7 Å². The number of amides is 2. The highest BCUT2D eigenvalue weighted by Crippen LogP contribution is 2.46. The molecule has 3 aromatic heterocycles. The number of pyridine rings is 1. The van der Waals surface area contributed by atoms with E-state index in [-0.39, 0.29) is 75.5 Å². The Balaban J connectivity index is 1.36. The van der Waals surface area contributed by atoms with Gasteiger partial charge in [-0.05, 0) is 80.5 Å². The van der Waals surface area contributed by atoms with Crippen molar-refractivity contribution in [3.8, 4) is 29.2 Å². The third-order valence-electron chi connectivity index (χ3n) is 11.2. The number of rotatable bonds is 8. The van der Waals surface area contributed by atoms with Crippen LogP contribution in [0.4, 0.5) is 33.6 Å². The fourth-order valence-electron chi connectivity index (χ4n) is 8.68. The van der Waals surface area contributed by atoms with Crippen LogP contribution in [-0.2, 0) is 9.47 Å². The van der Waals surface area contributed by atoms with E-state index in [9.17, 15) is 23.6 Å². The van der Waals surface area contributed by atoms with Crippen molar-refractivity contribution in [1.29, 1.82) is 5.26 Å². The molecule has 3 fully saturated rings. The van der Waals surface area contributed by atoms with Gasteiger partial charge in [0, 0.05) is 46.6 Å². The molecule has 4 atom stereocenters. The van der Waals surface area contributed by atoms with Crippen LogP contribution in [0.5, 0.6) is 11.9 Å². The lowest BCUT2D eigenvalue weighted by atomic mass is 9.73. The average molecular weight is 853 g/mol. The van der Waals surface area contributed by atoms with Crippen LogP contribution in [-0.4, -0.2) is 114 Å². The van der Waals surface area contributed by atoms with Crippen LogP contribution < -0.4 is 19.7 Å². The number of nitrogens with one attached hydrogen (secondary N) is 1. The number of halogens is 3. The first-order valence-electron chi connectivity index (χ1n) is 20.0. The molecule has 6 heterocycles. The lowest BCUT2D eigenvalue weighted by Gasteiger charge is -2.44. The first-order valence-corrected chi connectivity index (χ1v) is 20.8. The molecule has 1 aromatic carbocycles. The largest absolute Gasteiger partial charge is 0.480 e. The van der Waals surface area contributed by atoms with E-state index >= 15 is 4.39 Å². The molecule has 0 spiro atoms. The summed E-state index contributed by atoms with van der Waals surface area (Å²) in [5.74, 6) is -1.58. The summed E-state index contributed by atoms with van der Waals surface area (Å²) in [6, 6.07) is 6.48.